The van der Waals surface area contributed by atoms with E-state index < -0.39 is 0 Å². The van der Waals surface area contributed by atoms with Crippen molar-refractivity contribution < 1.29 is 0 Å². The standard InChI is InChI=1S/C6H10N2S.ClH/c1-2-5(7)6-3-9-4-8-6;/h3-5H,2,7H2,1H3;1H/t5-;/m1./s1. The Morgan fingerprint density at radius 1 is 1.80 bits per heavy atom. The van der Waals surface area contributed by atoms with Gasteiger partial charge in [-0.05, 0) is 6.42 Å². The number of hydrogen-bond acceptors (Lipinski definition) is 3. The molecule has 0 saturated heterocycles. The van der Waals surface area contributed by atoms with Gasteiger partial charge in [0.25, 0.3) is 0 Å². The molecule has 0 spiro atoms. The Hall–Kier alpha value is -0.120. The second-order valence-electron chi connectivity index (χ2n) is 1.93. The molecule has 2 N–H and O–H groups in total. The van der Waals surface area contributed by atoms with Gasteiger partial charge < -0.3 is 5.73 Å². The molecule has 0 saturated carbocycles. The van der Waals surface area contributed by atoms with Crippen LogP contribution in [0.15, 0.2) is 10.9 Å². The Morgan fingerprint density at radius 3 is 2.90 bits per heavy atom. The smallest absolute Gasteiger partial charge is 0.0795 e. The molecule has 0 fully saturated rings. The van der Waals surface area contributed by atoms with Crippen LogP contribution in [-0.4, -0.2) is 4.98 Å². The largest absolute Gasteiger partial charge is 0.323 e. The zero-order valence-electron chi connectivity index (χ0n) is 5.78. The molecule has 0 amide bonds. The summed E-state index contributed by atoms with van der Waals surface area (Å²) >= 11 is 1.59. The van der Waals surface area contributed by atoms with Crippen LogP contribution in [0, 0.1) is 0 Å². The summed E-state index contributed by atoms with van der Waals surface area (Å²) in [6, 6.07) is 0.135. The molecule has 1 atom stereocenters. The number of nitrogens with two attached hydrogens (primary N) is 1. The van der Waals surface area contributed by atoms with E-state index in [9.17, 15) is 0 Å². The van der Waals surface area contributed by atoms with Gasteiger partial charge in [0.05, 0.1) is 11.2 Å². The second-order valence-corrected chi connectivity index (χ2v) is 2.65. The van der Waals surface area contributed by atoms with Gasteiger partial charge in [0.15, 0.2) is 0 Å². The third-order valence-corrected chi connectivity index (χ3v) is 1.88. The molecule has 0 aromatic carbocycles. The third-order valence-electron chi connectivity index (χ3n) is 1.27. The highest BCUT2D eigenvalue weighted by molar-refractivity contribution is 7.07. The monoisotopic (exact) mass is 178 g/mol. The first-order chi connectivity index (χ1) is 4.34. The van der Waals surface area contributed by atoms with Crippen LogP contribution in [0.5, 0.6) is 0 Å². The normalized spacial score (nSPS) is 12.2. The van der Waals surface area contributed by atoms with E-state index in [2.05, 4.69) is 11.9 Å². The molecule has 0 aliphatic rings. The molecule has 4 heteroatoms. The summed E-state index contributed by atoms with van der Waals surface area (Å²) in [7, 11) is 0. The highest BCUT2D eigenvalue weighted by Gasteiger charge is 2.02. The molecule has 0 unspecified atom stereocenters. The summed E-state index contributed by atoms with van der Waals surface area (Å²) in [5.74, 6) is 0. The Balaban J connectivity index is 0.000000810. The van der Waals surface area contributed by atoms with Crippen molar-refractivity contribution in [3.63, 3.8) is 0 Å². The first-order valence-corrected chi connectivity index (χ1v) is 3.92. The van der Waals surface area contributed by atoms with E-state index in [1.54, 1.807) is 11.3 Å². The number of halogens is 1. The topological polar surface area (TPSA) is 38.9 Å². The molecule has 2 nitrogen and oxygen atoms in total. The second kappa shape index (κ2) is 4.66. The highest BCUT2D eigenvalue weighted by Crippen LogP contribution is 2.12. The zero-order chi connectivity index (χ0) is 6.69. The third kappa shape index (κ3) is 2.25. The van der Waals surface area contributed by atoms with Crippen molar-refractivity contribution in [1.82, 2.24) is 4.98 Å². The van der Waals surface area contributed by atoms with Crippen LogP contribution in [0.25, 0.3) is 0 Å². The van der Waals surface area contributed by atoms with Crippen LogP contribution in [0.3, 0.4) is 0 Å². The quantitative estimate of drug-likeness (QED) is 0.752. The van der Waals surface area contributed by atoms with Gasteiger partial charge in [-0.3, -0.25) is 0 Å². The van der Waals surface area contributed by atoms with Gasteiger partial charge in [-0.25, -0.2) is 4.98 Å². The molecular weight excluding hydrogens is 168 g/mol. The molecule has 10 heavy (non-hydrogen) atoms. The van der Waals surface area contributed by atoms with Crippen LogP contribution >= 0.6 is 23.7 Å². The highest BCUT2D eigenvalue weighted by atomic mass is 35.5. The fourth-order valence-corrected chi connectivity index (χ4v) is 1.23. The first kappa shape index (κ1) is 9.88. The minimum atomic E-state index is 0. The summed E-state index contributed by atoms with van der Waals surface area (Å²) in [5.41, 5.74) is 8.51. The van der Waals surface area contributed by atoms with Crippen LogP contribution in [0.4, 0.5) is 0 Å². The van der Waals surface area contributed by atoms with Crippen LogP contribution < -0.4 is 5.73 Å². The first-order valence-electron chi connectivity index (χ1n) is 2.98. The lowest BCUT2D eigenvalue weighted by molar-refractivity contribution is 0.680. The lowest BCUT2D eigenvalue weighted by Crippen LogP contribution is -2.08. The average molecular weight is 179 g/mol. The fraction of sp³-hybridized carbons (Fsp3) is 0.500. The maximum atomic E-state index is 5.68. The van der Waals surface area contributed by atoms with Gasteiger partial charge in [0, 0.05) is 11.4 Å². The van der Waals surface area contributed by atoms with Crippen molar-refractivity contribution in [2.24, 2.45) is 5.73 Å². The summed E-state index contributed by atoms with van der Waals surface area (Å²) in [4.78, 5) is 4.08. The zero-order valence-corrected chi connectivity index (χ0v) is 7.41. The van der Waals surface area contributed by atoms with Crippen LogP contribution in [-0.2, 0) is 0 Å². The molecule has 0 aliphatic carbocycles. The molecule has 1 heterocycles. The van der Waals surface area contributed by atoms with Gasteiger partial charge in [-0.1, -0.05) is 6.92 Å². The summed E-state index contributed by atoms with van der Waals surface area (Å²) in [6.45, 7) is 2.06. The number of thiazole rings is 1. The van der Waals surface area contributed by atoms with Gasteiger partial charge in [-0.2, -0.15) is 0 Å². The number of aromatic nitrogens is 1. The van der Waals surface area contributed by atoms with Crippen LogP contribution in [0.2, 0.25) is 0 Å². The SMILES string of the molecule is CC[C@@H](N)c1cscn1.Cl. The summed E-state index contributed by atoms with van der Waals surface area (Å²) in [6.07, 6.45) is 0.962. The fourth-order valence-electron chi connectivity index (χ4n) is 0.614. The molecular formula is C6H11ClN2S. The van der Waals surface area contributed by atoms with E-state index in [1.807, 2.05) is 10.9 Å². The van der Waals surface area contributed by atoms with Crippen LogP contribution in [0.1, 0.15) is 25.1 Å². The molecule has 1 aromatic heterocycles. The van der Waals surface area contributed by atoms with E-state index >= 15 is 0 Å². The Morgan fingerprint density at radius 2 is 2.50 bits per heavy atom. The molecule has 58 valence electrons. The van der Waals surface area contributed by atoms with Crippen molar-refractivity contribution >= 4 is 23.7 Å². The molecule has 1 rings (SSSR count). The Labute approximate surface area is 70.9 Å². The summed E-state index contributed by atoms with van der Waals surface area (Å²) in [5, 5.41) is 1.99. The molecule has 1 aromatic rings. The average Bonchev–Trinajstić information content (AvgIpc) is 2.37. The predicted octanol–water partition coefficient (Wildman–Crippen LogP) is 1.97. The predicted molar refractivity (Wildman–Crippen MR) is 46.6 cm³/mol. The van der Waals surface area contributed by atoms with E-state index in [-0.39, 0.29) is 18.4 Å². The number of hydrogen-bond donors (Lipinski definition) is 1. The van der Waals surface area contributed by atoms with Crippen molar-refractivity contribution in [3.8, 4) is 0 Å². The van der Waals surface area contributed by atoms with Gasteiger partial charge in [0.1, 0.15) is 0 Å². The van der Waals surface area contributed by atoms with E-state index in [0.29, 0.717) is 0 Å². The Bertz CT molecular complexity index is 164. The maximum Gasteiger partial charge on any atom is 0.0795 e. The van der Waals surface area contributed by atoms with Crippen molar-refractivity contribution in [3.05, 3.63) is 16.6 Å². The van der Waals surface area contributed by atoms with Gasteiger partial charge >= 0.3 is 0 Å². The minimum Gasteiger partial charge on any atom is -0.323 e. The van der Waals surface area contributed by atoms with E-state index in [0.717, 1.165) is 12.1 Å². The van der Waals surface area contributed by atoms with Gasteiger partial charge in [-0.15, -0.1) is 23.7 Å². The molecule has 0 radical (unpaired) electrons. The van der Waals surface area contributed by atoms with Crippen molar-refractivity contribution in [2.75, 3.05) is 0 Å². The lowest BCUT2D eigenvalue weighted by Gasteiger charge is -2.01. The van der Waals surface area contributed by atoms with E-state index in [1.165, 1.54) is 0 Å². The summed E-state index contributed by atoms with van der Waals surface area (Å²) < 4.78 is 0. The van der Waals surface area contributed by atoms with Crippen molar-refractivity contribution in [1.29, 1.82) is 0 Å². The molecule has 0 bridgehead atoms. The van der Waals surface area contributed by atoms with Crippen molar-refractivity contribution in [2.45, 2.75) is 19.4 Å². The van der Waals surface area contributed by atoms with Gasteiger partial charge in [0.2, 0.25) is 0 Å². The maximum absolute atomic E-state index is 5.68. The number of nitrogens with zero attached hydrogens (tertiary/aromatic N) is 1. The molecule has 0 aliphatic heterocycles. The Kier molecular flexibility index (Phi) is 4.60. The number of rotatable bonds is 2. The lowest BCUT2D eigenvalue weighted by atomic mass is 10.2. The minimum absolute atomic E-state index is 0. The van der Waals surface area contributed by atoms with E-state index in [4.69, 9.17) is 5.73 Å².